The zero-order chi connectivity index (χ0) is 12.1. The standard InChI is InChI=1S/C14H22N2O/c1-17-14(9-5-6-10-14)13(16-15)11-12-7-3-2-4-8-12/h2-4,7-8,13,16H,5-6,9-11,15H2,1H3. The molecule has 1 aliphatic rings. The van der Waals surface area contributed by atoms with Crippen LogP contribution in [0.3, 0.4) is 0 Å². The molecule has 1 aromatic rings. The van der Waals surface area contributed by atoms with Gasteiger partial charge in [-0.3, -0.25) is 11.3 Å². The Balaban J connectivity index is 2.10. The highest BCUT2D eigenvalue weighted by Crippen LogP contribution is 2.36. The molecular weight excluding hydrogens is 212 g/mol. The summed E-state index contributed by atoms with van der Waals surface area (Å²) in [6.07, 6.45) is 5.60. The van der Waals surface area contributed by atoms with Crippen LogP contribution in [0.1, 0.15) is 31.2 Å². The fraction of sp³-hybridized carbons (Fsp3) is 0.571. The summed E-state index contributed by atoms with van der Waals surface area (Å²) in [5.41, 5.74) is 4.18. The van der Waals surface area contributed by atoms with E-state index >= 15 is 0 Å². The van der Waals surface area contributed by atoms with Crippen molar-refractivity contribution in [2.75, 3.05) is 7.11 Å². The highest BCUT2D eigenvalue weighted by atomic mass is 16.5. The molecule has 0 saturated heterocycles. The molecular formula is C14H22N2O. The maximum Gasteiger partial charge on any atom is 0.0847 e. The first-order valence-corrected chi connectivity index (χ1v) is 6.36. The van der Waals surface area contributed by atoms with E-state index in [-0.39, 0.29) is 11.6 Å². The van der Waals surface area contributed by atoms with Gasteiger partial charge in [0.05, 0.1) is 11.6 Å². The predicted molar refractivity (Wildman–Crippen MR) is 69.5 cm³/mol. The van der Waals surface area contributed by atoms with E-state index in [4.69, 9.17) is 10.6 Å². The number of hydrogen-bond donors (Lipinski definition) is 2. The van der Waals surface area contributed by atoms with E-state index in [9.17, 15) is 0 Å². The molecule has 1 saturated carbocycles. The second-order valence-corrected chi connectivity index (χ2v) is 4.88. The van der Waals surface area contributed by atoms with Crippen LogP contribution in [0.4, 0.5) is 0 Å². The summed E-state index contributed by atoms with van der Waals surface area (Å²) in [6, 6.07) is 10.6. The van der Waals surface area contributed by atoms with Crippen LogP contribution in [0, 0.1) is 0 Å². The lowest BCUT2D eigenvalue weighted by Gasteiger charge is -2.36. The van der Waals surface area contributed by atoms with Gasteiger partial charge >= 0.3 is 0 Å². The van der Waals surface area contributed by atoms with Gasteiger partial charge in [-0.1, -0.05) is 43.2 Å². The van der Waals surface area contributed by atoms with Gasteiger partial charge in [-0.25, -0.2) is 0 Å². The second kappa shape index (κ2) is 5.63. The maximum atomic E-state index is 5.78. The highest BCUT2D eigenvalue weighted by molar-refractivity contribution is 5.17. The molecule has 0 aliphatic heterocycles. The van der Waals surface area contributed by atoms with Crippen molar-refractivity contribution >= 4 is 0 Å². The average molecular weight is 234 g/mol. The minimum Gasteiger partial charge on any atom is -0.377 e. The monoisotopic (exact) mass is 234 g/mol. The number of ether oxygens (including phenoxy) is 1. The van der Waals surface area contributed by atoms with Gasteiger partial charge in [0.1, 0.15) is 0 Å². The third-order valence-corrected chi connectivity index (χ3v) is 3.98. The molecule has 2 rings (SSSR count). The van der Waals surface area contributed by atoms with Gasteiger partial charge in [-0.15, -0.1) is 0 Å². The van der Waals surface area contributed by atoms with Crippen LogP contribution < -0.4 is 11.3 Å². The van der Waals surface area contributed by atoms with E-state index in [1.165, 1.54) is 18.4 Å². The second-order valence-electron chi connectivity index (χ2n) is 4.88. The van der Waals surface area contributed by atoms with E-state index in [1.54, 1.807) is 7.11 Å². The molecule has 17 heavy (non-hydrogen) atoms. The third-order valence-electron chi connectivity index (χ3n) is 3.98. The summed E-state index contributed by atoms with van der Waals surface area (Å²) in [4.78, 5) is 0. The van der Waals surface area contributed by atoms with Crippen LogP contribution in [0.5, 0.6) is 0 Å². The van der Waals surface area contributed by atoms with Crippen molar-refractivity contribution in [3.05, 3.63) is 35.9 Å². The molecule has 0 aromatic heterocycles. The summed E-state index contributed by atoms with van der Waals surface area (Å²) >= 11 is 0. The van der Waals surface area contributed by atoms with Crippen LogP contribution in [0.2, 0.25) is 0 Å². The van der Waals surface area contributed by atoms with E-state index < -0.39 is 0 Å². The van der Waals surface area contributed by atoms with Crippen LogP contribution >= 0.6 is 0 Å². The SMILES string of the molecule is COC1(C(Cc2ccccc2)NN)CCCC1. The average Bonchev–Trinajstić information content (AvgIpc) is 2.87. The molecule has 1 aromatic carbocycles. The topological polar surface area (TPSA) is 47.3 Å². The van der Waals surface area contributed by atoms with Crippen LogP contribution in [-0.4, -0.2) is 18.8 Å². The Bertz CT molecular complexity index is 333. The Hall–Kier alpha value is -0.900. The molecule has 0 radical (unpaired) electrons. The molecule has 0 bridgehead atoms. The lowest BCUT2D eigenvalue weighted by molar-refractivity contribution is -0.0355. The lowest BCUT2D eigenvalue weighted by Crippen LogP contribution is -2.54. The molecule has 3 heteroatoms. The number of hydrogen-bond acceptors (Lipinski definition) is 3. The number of nitrogens with one attached hydrogen (secondary N) is 1. The number of benzene rings is 1. The first-order chi connectivity index (χ1) is 8.30. The number of hydrazine groups is 1. The zero-order valence-electron chi connectivity index (χ0n) is 10.5. The molecule has 3 nitrogen and oxygen atoms in total. The molecule has 1 unspecified atom stereocenters. The first kappa shape index (κ1) is 12.6. The van der Waals surface area contributed by atoms with Gasteiger partial charge in [0.2, 0.25) is 0 Å². The predicted octanol–water partition coefficient (Wildman–Crippen LogP) is 2.02. The van der Waals surface area contributed by atoms with Crippen molar-refractivity contribution in [1.82, 2.24) is 5.43 Å². The smallest absolute Gasteiger partial charge is 0.0847 e. The fourth-order valence-electron chi connectivity index (χ4n) is 2.91. The maximum absolute atomic E-state index is 5.78. The van der Waals surface area contributed by atoms with Gasteiger partial charge in [0.15, 0.2) is 0 Å². The number of rotatable bonds is 5. The van der Waals surface area contributed by atoms with E-state index in [2.05, 4.69) is 29.7 Å². The van der Waals surface area contributed by atoms with Gasteiger partial charge in [0, 0.05) is 7.11 Å². The Morgan fingerprint density at radius 3 is 2.47 bits per heavy atom. The molecule has 1 aliphatic carbocycles. The summed E-state index contributed by atoms with van der Waals surface area (Å²) in [5.74, 6) is 5.73. The van der Waals surface area contributed by atoms with E-state index in [0.717, 1.165) is 19.3 Å². The number of nitrogens with two attached hydrogens (primary N) is 1. The van der Waals surface area contributed by atoms with Gasteiger partial charge < -0.3 is 4.74 Å². The van der Waals surface area contributed by atoms with Gasteiger partial charge in [0.25, 0.3) is 0 Å². The van der Waals surface area contributed by atoms with Crippen molar-refractivity contribution in [1.29, 1.82) is 0 Å². The summed E-state index contributed by atoms with van der Waals surface area (Å²) < 4.78 is 5.78. The van der Waals surface area contributed by atoms with Gasteiger partial charge in [-0.05, 0) is 24.8 Å². The van der Waals surface area contributed by atoms with Crippen LogP contribution in [0.25, 0.3) is 0 Å². The van der Waals surface area contributed by atoms with Crippen molar-refractivity contribution in [2.45, 2.75) is 43.7 Å². The molecule has 1 atom stereocenters. The van der Waals surface area contributed by atoms with Gasteiger partial charge in [-0.2, -0.15) is 0 Å². The van der Waals surface area contributed by atoms with Crippen molar-refractivity contribution in [3.8, 4) is 0 Å². The molecule has 0 spiro atoms. The van der Waals surface area contributed by atoms with E-state index in [1.807, 2.05) is 6.07 Å². The zero-order valence-corrected chi connectivity index (χ0v) is 10.5. The van der Waals surface area contributed by atoms with Crippen LogP contribution in [0.15, 0.2) is 30.3 Å². The summed E-state index contributed by atoms with van der Waals surface area (Å²) in [6.45, 7) is 0. The van der Waals surface area contributed by atoms with Crippen LogP contribution in [-0.2, 0) is 11.2 Å². The Kier molecular flexibility index (Phi) is 4.15. The first-order valence-electron chi connectivity index (χ1n) is 6.36. The Labute approximate surface area is 103 Å². The quantitative estimate of drug-likeness (QED) is 0.605. The molecule has 0 amide bonds. The molecule has 1 fully saturated rings. The minimum absolute atomic E-state index is 0.0788. The molecule has 94 valence electrons. The minimum atomic E-state index is -0.0788. The van der Waals surface area contributed by atoms with Crippen molar-refractivity contribution in [3.63, 3.8) is 0 Å². The Morgan fingerprint density at radius 2 is 1.94 bits per heavy atom. The summed E-state index contributed by atoms with van der Waals surface area (Å²) in [7, 11) is 1.81. The van der Waals surface area contributed by atoms with Crippen molar-refractivity contribution in [2.24, 2.45) is 5.84 Å². The summed E-state index contributed by atoms with van der Waals surface area (Å²) in [5, 5.41) is 0. The lowest BCUT2D eigenvalue weighted by atomic mass is 9.88. The highest BCUT2D eigenvalue weighted by Gasteiger charge is 2.41. The normalized spacial score (nSPS) is 20.4. The largest absolute Gasteiger partial charge is 0.377 e. The van der Waals surface area contributed by atoms with E-state index in [0.29, 0.717) is 0 Å². The Morgan fingerprint density at radius 1 is 1.29 bits per heavy atom. The third kappa shape index (κ3) is 2.68. The van der Waals surface area contributed by atoms with Crippen molar-refractivity contribution < 1.29 is 4.74 Å². The number of methoxy groups -OCH3 is 1. The fourth-order valence-corrected chi connectivity index (χ4v) is 2.91. The molecule has 0 heterocycles. The molecule has 3 N–H and O–H groups in total.